The number of piperidine rings is 1. The van der Waals surface area contributed by atoms with E-state index in [1.165, 1.54) is 7.05 Å². The van der Waals surface area contributed by atoms with Crippen molar-refractivity contribution in [3.05, 3.63) is 0 Å². The van der Waals surface area contributed by atoms with Crippen molar-refractivity contribution in [3.8, 4) is 0 Å². The minimum Gasteiger partial charge on any atom is -0.359 e. The van der Waals surface area contributed by atoms with Gasteiger partial charge in [0.1, 0.15) is 0 Å². The molecule has 5 heteroatoms. The predicted molar refractivity (Wildman–Crippen MR) is 44.6 cm³/mol. The third-order valence-electron chi connectivity index (χ3n) is 1.98. The van der Waals surface area contributed by atoms with E-state index in [1.807, 2.05) is 0 Å². The van der Waals surface area contributed by atoms with Crippen molar-refractivity contribution in [2.45, 2.75) is 19.3 Å². The van der Waals surface area contributed by atoms with Crippen LogP contribution in [0.15, 0.2) is 0 Å². The maximum atomic E-state index is 10.9. The second-order valence-corrected chi connectivity index (χ2v) is 3.12. The summed E-state index contributed by atoms with van der Waals surface area (Å²) in [7, 11) is 1.53. The highest BCUT2D eigenvalue weighted by atomic mass is 16.2. The van der Waals surface area contributed by atoms with E-state index in [9.17, 15) is 14.4 Å². The molecule has 0 atom stereocenters. The smallest absolute Gasteiger partial charge is 0.226 e. The summed E-state index contributed by atoms with van der Waals surface area (Å²) in [6.45, 7) is 0. The summed E-state index contributed by atoms with van der Waals surface area (Å²) >= 11 is 0. The molecule has 0 spiro atoms. The van der Waals surface area contributed by atoms with Gasteiger partial charge in [0.25, 0.3) is 0 Å². The van der Waals surface area contributed by atoms with E-state index in [0.717, 1.165) is 0 Å². The molecule has 1 aliphatic heterocycles. The second-order valence-electron chi connectivity index (χ2n) is 3.12. The number of carbonyl (C=O) groups excluding carboxylic acids is 3. The first-order valence-electron chi connectivity index (χ1n) is 4.15. The van der Waals surface area contributed by atoms with Gasteiger partial charge in [-0.05, 0) is 5.92 Å². The first-order valence-corrected chi connectivity index (χ1v) is 4.15. The van der Waals surface area contributed by atoms with Gasteiger partial charge in [-0.3, -0.25) is 19.7 Å². The van der Waals surface area contributed by atoms with Gasteiger partial charge in [-0.2, -0.15) is 0 Å². The minimum atomic E-state index is -0.287. The lowest BCUT2D eigenvalue weighted by Gasteiger charge is -2.19. The fourth-order valence-electron chi connectivity index (χ4n) is 1.36. The molecule has 1 fully saturated rings. The summed E-state index contributed by atoms with van der Waals surface area (Å²) in [6.07, 6.45) is 0.772. The van der Waals surface area contributed by atoms with Crippen molar-refractivity contribution in [3.63, 3.8) is 0 Å². The zero-order valence-corrected chi connectivity index (χ0v) is 7.42. The SMILES string of the molecule is CNC(=O)CC1CC(=O)NC(=O)C1. The molecule has 1 aliphatic rings. The maximum absolute atomic E-state index is 10.9. The Bertz CT molecular complexity index is 234. The van der Waals surface area contributed by atoms with Crippen molar-refractivity contribution in [1.82, 2.24) is 10.6 Å². The molecule has 0 aliphatic carbocycles. The van der Waals surface area contributed by atoms with E-state index >= 15 is 0 Å². The number of nitrogens with one attached hydrogen (secondary N) is 2. The van der Waals surface area contributed by atoms with E-state index in [2.05, 4.69) is 10.6 Å². The van der Waals surface area contributed by atoms with Crippen LogP contribution < -0.4 is 10.6 Å². The Kier molecular flexibility index (Phi) is 3.00. The number of hydrogen-bond acceptors (Lipinski definition) is 3. The van der Waals surface area contributed by atoms with Gasteiger partial charge in [-0.15, -0.1) is 0 Å². The highest BCUT2D eigenvalue weighted by molar-refractivity contribution is 5.98. The topological polar surface area (TPSA) is 75.3 Å². The molecule has 0 bridgehead atoms. The molecule has 0 unspecified atom stereocenters. The summed E-state index contributed by atoms with van der Waals surface area (Å²) in [4.78, 5) is 32.7. The van der Waals surface area contributed by atoms with E-state index in [-0.39, 0.29) is 42.9 Å². The van der Waals surface area contributed by atoms with Crippen LogP contribution in [0.1, 0.15) is 19.3 Å². The van der Waals surface area contributed by atoms with Crippen LogP contribution in [0, 0.1) is 5.92 Å². The van der Waals surface area contributed by atoms with Crippen molar-refractivity contribution in [2.24, 2.45) is 5.92 Å². The van der Waals surface area contributed by atoms with Gasteiger partial charge in [0.2, 0.25) is 17.7 Å². The van der Waals surface area contributed by atoms with Gasteiger partial charge in [0.05, 0.1) is 0 Å². The van der Waals surface area contributed by atoms with Crippen LogP contribution in [-0.4, -0.2) is 24.8 Å². The Balaban J connectivity index is 2.46. The number of imide groups is 1. The van der Waals surface area contributed by atoms with Gasteiger partial charge in [0, 0.05) is 26.3 Å². The van der Waals surface area contributed by atoms with Gasteiger partial charge < -0.3 is 5.32 Å². The molecule has 2 N–H and O–H groups in total. The molecule has 72 valence electrons. The quantitative estimate of drug-likeness (QED) is 0.550. The molecule has 0 aromatic heterocycles. The Labute approximate surface area is 75.9 Å². The normalized spacial score (nSPS) is 18.2. The standard InChI is InChI=1S/C8H12N2O3/c1-9-6(11)2-5-3-7(12)10-8(13)4-5/h5H,2-4H2,1H3,(H,9,11)(H,10,12,13). The summed E-state index contributed by atoms with van der Waals surface area (Å²) < 4.78 is 0. The molecule has 1 rings (SSSR count). The minimum absolute atomic E-state index is 0.132. The average Bonchev–Trinajstić information content (AvgIpc) is 2.02. The van der Waals surface area contributed by atoms with Gasteiger partial charge in [0.15, 0.2) is 0 Å². The molecule has 13 heavy (non-hydrogen) atoms. The van der Waals surface area contributed by atoms with E-state index in [4.69, 9.17) is 0 Å². The first-order chi connectivity index (χ1) is 6.11. The Morgan fingerprint density at radius 1 is 1.46 bits per heavy atom. The van der Waals surface area contributed by atoms with Crippen LogP contribution in [0.5, 0.6) is 0 Å². The molecular formula is C8H12N2O3. The summed E-state index contributed by atoms with van der Waals surface area (Å²) in [5, 5.41) is 4.65. The lowest BCUT2D eigenvalue weighted by atomic mass is 9.93. The van der Waals surface area contributed by atoms with Crippen molar-refractivity contribution in [1.29, 1.82) is 0 Å². The summed E-state index contributed by atoms with van der Waals surface area (Å²) in [5.74, 6) is -0.844. The zero-order valence-electron chi connectivity index (χ0n) is 7.42. The summed E-state index contributed by atoms with van der Waals surface area (Å²) in [5.41, 5.74) is 0. The van der Waals surface area contributed by atoms with Gasteiger partial charge in [-0.1, -0.05) is 0 Å². The van der Waals surface area contributed by atoms with Crippen LogP contribution in [0.25, 0.3) is 0 Å². The monoisotopic (exact) mass is 184 g/mol. The molecule has 0 radical (unpaired) electrons. The van der Waals surface area contributed by atoms with Crippen LogP contribution >= 0.6 is 0 Å². The van der Waals surface area contributed by atoms with Crippen molar-refractivity contribution < 1.29 is 14.4 Å². The lowest BCUT2D eigenvalue weighted by molar-refractivity contribution is -0.135. The number of hydrogen-bond donors (Lipinski definition) is 2. The van der Waals surface area contributed by atoms with E-state index in [1.54, 1.807) is 0 Å². The molecular weight excluding hydrogens is 172 g/mol. The molecule has 3 amide bonds. The van der Waals surface area contributed by atoms with Crippen LogP contribution in [0.2, 0.25) is 0 Å². The molecule has 0 saturated carbocycles. The fraction of sp³-hybridized carbons (Fsp3) is 0.625. The molecule has 1 saturated heterocycles. The van der Waals surface area contributed by atoms with Crippen molar-refractivity contribution >= 4 is 17.7 Å². The predicted octanol–water partition coefficient (Wildman–Crippen LogP) is -0.825. The Morgan fingerprint density at radius 2 is 2.00 bits per heavy atom. The maximum Gasteiger partial charge on any atom is 0.226 e. The summed E-state index contributed by atoms with van der Waals surface area (Å²) in [6, 6.07) is 0. The lowest BCUT2D eigenvalue weighted by Crippen LogP contribution is -2.39. The Hall–Kier alpha value is -1.39. The van der Waals surface area contributed by atoms with Gasteiger partial charge >= 0.3 is 0 Å². The Morgan fingerprint density at radius 3 is 2.46 bits per heavy atom. The van der Waals surface area contributed by atoms with Crippen LogP contribution in [0.4, 0.5) is 0 Å². The molecule has 1 heterocycles. The highest BCUT2D eigenvalue weighted by Gasteiger charge is 2.26. The molecule has 5 nitrogen and oxygen atoms in total. The molecule has 0 aromatic carbocycles. The second kappa shape index (κ2) is 4.02. The number of rotatable bonds is 2. The van der Waals surface area contributed by atoms with E-state index < -0.39 is 0 Å². The molecule has 0 aromatic rings. The zero-order chi connectivity index (χ0) is 9.84. The third-order valence-corrected chi connectivity index (χ3v) is 1.98. The highest BCUT2D eigenvalue weighted by Crippen LogP contribution is 2.16. The largest absolute Gasteiger partial charge is 0.359 e. The number of amides is 3. The third kappa shape index (κ3) is 2.85. The fourth-order valence-corrected chi connectivity index (χ4v) is 1.36. The van der Waals surface area contributed by atoms with Crippen LogP contribution in [0.3, 0.4) is 0 Å². The van der Waals surface area contributed by atoms with Crippen LogP contribution in [-0.2, 0) is 14.4 Å². The van der Waals surface area contributed by atoms with E-state index in [0.29, 0.717) is 0 Å². The van der Waals surface area contributed by atoms with Crippen molar-refractivity contribution in [2.75, 3.05) is 7.05 Å². The average molecular weight is 184 g/mol. The van der Waals surface area contributed by atoms with Gasteiger partial charge in [-0.25, -0.2) is 0 Å². The first kappa shape index (κ1) is 9.70. The number of carbonyl (C=O) groups is 3.